The predicted molar refractivity (Wildman–Crippen MR) is 144 cm³/mol. The summed E-state index contributed by atoms with van der Waals surface area (Å²) in [5, 5.41) is 37.6. The van der Waals surface area contributed by atoms with Crippen molar-refractivity contribution in [3.63, 3.8) is 0 Å². The number of thiazole rings is 1. The van der Waals surface area contributed by atoms with E-state index in [0.717, 1.165) is 28.8 Å². The van der Waals surface area contributed by atoms with Gasteiger partial charge in [0, 0.05) is 24.6 Å². The van der Waals surface area contributed by atoms with E-state index in [1.807, 2.05) is 19.2 Å². The number of ether oxygens (including phenoxy) is 1. The number of carbonyl (C=O) groups is 1. The maximum absolute atomic E-state index is 12.3. The lowest BCUT2D eigenvalue weighted by Gasteiger charge is -2.22. The number of hydrogen-bond acceptors (Lipinski definition) is 12. The summed E-state index contributed by atoms with van der Waals surface area (Å²) >= 11 is 1.52. The summed E-state index contributed by atoms with van der Waals surface area (Å²) in [7, 11) is 0. The number of nitrogens with one attached hydrogen (secondary N) is 2. The van der Waals surface area contributed by atoms with Crippen LogP contribution in [0.1, 0.15) is 57.3 Å². The van der Waals surface area contributed by atoms with E-state index in [0.29, 0.717) is 34.4 Å². The van der Waals surface area contributed by atoms with Gasteiger partial charge in [-0.2, -0.15) is 4.98 Å². The van der Waals surface area contributed by atoms with Gasteiger partial charge in [0.1, 0.15) is 34.6 Å². The number of fused-ring (bicyclic) bond motifs is 1. The van der Waals surface area contributed by atoms with Crippen molar-refractivity contribution >= 4 is 39.3 Å². The summed E-state index contributed by atoms with van der Waals surface area (Å²) in [6.45, 7) is 6.87. The van der Waals surface area contributed by atoms with Gasteiger partial charge in [0.05, 0.1) is 33.8 Å². The van der Waals surface area contributed by atoms with E-state index in [1.54, 1.807) is 20.8 Å². The standard InChI is InChI=1S/C26H34N6O5S/c1-12-18(24-31-20-16(38-24)7-8-27-19(20)13-5-6-13)23(30-15-9-14(11-33)21(35)22(15)36)32-25(29-12)28-10-17(34)37-26(2,3)4/h7-8,13-15,21-22,33,35-36H,5-6,9-11H2,1-4H3,(H2,28,29,30,32)/t14-,15-,21-,22+/m1/s1. The largest absolute Gasteiger partial charge is 0.459 e. The maximum atomic E-state index is 12.3. The molecule has 0 spiro atoms. The Morgan fingerprint density at radius 1 is 1.18 bits per heavy atom. The summed E-state index contributed by atoms with van der Waals surface area (Å²) < 4.78 is 6.39. The van der Waals surface area contributed by atoms with Gasteiger partial charge >= 0.3 is 5.97 Å². The van der Waals surface area contributed by atoms with Crippen molar-refractivity contribution in [3.8, 4) is 10.6 Å². The smallest absolute Gasteiger partial charge is 0.325 e. The Morgan fingerprint density at radius 3 is 2.61 bits per heavy atom. The molecule has 3 aromatic rings. The van der Waals surface area contributed by atoms with E-state index in [9.17, 15) is 20.1 Å². The van der Waals surface area contributed by atoms with Crippen LogP contribution in [-0.2, 0) is 9.53 Å². The van der Waals surface area contributed by atoms with Crippen LogP contribution < -0.4 is 10.6 Å². The zero-order chi connectivity index (χ0) is 27.2. The number of carbonyl (C=O) groups excluding carboxylic acids is 1. The first-order valence-electron chi connectivity index (χ1n) is 12.9. The number of aliphatic hydroxyl groups is 3. The monoisotopic (exact) mass is 542 g/mol. The molecule has 2 aliphatic carbocycles. The van der Waals surface area contributed by atoms with Gasteiger partial charge in [-0.15, -0.1) is 11.3 Å². The van der Waals surface area contributed by atoms with Gasteiger partial charge in [-0.05, 0) is 53.0 Å². The van der Waals surface area contributed by atoms with Crippen molar-refractivity contribution in [1.29, 1.82) is 0 Å². The summed E-state index contributed by atoms with van der Waals surface area (Å²) in [6, 6.07) is 1.40. The molecule has 0 radical (unpaired) electrons. The molecule has 0 amide bonds. The Labute approximate surface area is 224 Å². The van der Waals surface area contributed by atoms with Crippen molar-refractivity contribution in [2.24, 2.45) is 5.92 Å². The second kappa shape index (κ2) is 10.3. The fraction of sp³-hybridized carbons (Fsp3) is 0.577. The molecule has 204 valence electrons. The van der Waals surface area contributed by atoms with Gasteiger partial charge in [-0.1, -0.05) is 0 Å². The first kappa shape index (κ1) is 26.7. The highest BCUT2D eigenvalue weighted by Crippen LogP contribution is 2.44. The molecule has 0 saturated heterocycles. The molecule has 0 aromatic carbocycles. The lowest BCUT2D eigenvalue weighted by Crippen LogP contribution is -2.36. The molecular weight excluding hydrogens is 508 g/mol. The lowest BCUT2D eigenvalue weighted by molar-refractivity contribution is -0.152. The third-order valence-electron chi connectivity index (χ3n) is 6.77. The van der Waals surface area contributed by atoms with Gasteiger partial charge < -0.3 is 30.7 Å². The van der Waals surface area contributed by atoms with Crippen LogP contribution in [0.2, 0.25) is 0 Å². The molecule has 3 aromatic heterocycles. The SMILES string of the molecule is Cc1nc(NCC(=O)OC(C)(C)C)nc(N[C@@H]2C[C@H](CO)[C@@H](O)[C@H]2O)c1-c1nc2c(C3CC3)nccc2s1. The first-order chi connectivity index (χ1) is 18.0. The number of esters is 1. The number of hydrogen-bond donors (Lipinski definition) is 5. The molecule has 0 unspecified atom stereocenters. The van der Waals surface area contributed by atoms with E-state index < -0.39 is 35.7 Å². The van der Waals surface area contributed by atoms with Crippen molar-refractivity contribution in [2.75, 3.05) is 23.8 Å². The average Bonchev–Trinajstić information content (AvgIpc) is 3.54. The molecule has 2 fully saturated rings. The minimum atomic E-state index is -1.09. The second-order valence-corrected chi connectivity index (χ2v) is 12.1. The summed E-state index contributed by atoms with van der Waals surface area (Å²) in [6.07, 6.45) is 2.25. The highest BCUT2D eigenvalue weighted by Gasteiger charge is 2.41. The fourth-order valence-electron chi connectivity index (χ4n) is 4.80. The number of nitrogens with zero attached hydrogens (tertiary/aromatic N) is 4. The number of pyridine rings is 1. The van der Waals surface area contributed by atoms with Gasteiger partial charge in [0.2, 0.25) is 5.95 Å². The van der Waals surface area contributed by atoms with Gasteiger partial charge in [0.25, 0.3) is 0 Å². The molecule has 4 atom stereocenters. The van der Waals surface area contributed by atoms with Gasteiger partial charge in [-0.25, -0.2) is 9.97 Å². The summed E-state index contributed by atoms with van der Waals surface area (Å²) in [5.41, 5.74) is 2.57. The molecule has 38 heavy (non-hydrogen) atoms. The van der Waals surface area contributed by atoms with E-state index in [4.69, 9.17) is 9.72 Å². The summed E-state index contributed by atoms with van der Waals surface area (Å²) in [4.78, 5) is 31.0. The summed E-state index contributed by atoms with van der Waals surface area (Å²) in [5.74, 6) is 0.178. The third-order valence-corrected chi connectivity index (χ3v) is 7.81. The van der Waals surface area contributed by atoms with Crippen LogP contribution in [-0.4, -0.2) is 78.2 Å². The van der Waals surface area contributed by atoms with Crippen LogP contribution in [0.5, 0.6) is 0 Å². The maximum Gasteiger partial charge on any atom is 0.325 e. The zero-order valence-corrected chi connectivity index (χ0v) is 22.7. The van der Waals surface area contributed by atoms with Crippen molar-refractivity contribution in [3.05, 3.63) is 23.7 Å². The van der Waals surface area contributed by atoms with Crippen LogP contribution in [0.25, 0.3) is 20.8 Å². The highest BCUT2D eigenvalue weighted by molar-refractivity contribution is 7.21. The average molecular weight is 543 g/mol. The van der Waals surface area contributed by atoms with Crippen LogP contribution in [0.4, 0.5) is 11.8 Å². The molecule has 5 rings (SSSR count). The normalized spacial score (nSPS) is 23.6. The van der Waals surface area contributed by atoms with Crippen LogP contribution >= 0.6 is 11.3 Å². The number of aliphatic hydroxyl groups excluding tert-OH is 3. The molecule has 12 heteroatoms. The number of anilines is 2. The number of aryl methyl sites for hydroxylation is 1. The minimum Gasteiger partial charge on any atom is -0.459 e. The molecule has 2 saturated carbocycles. The molecule has 0 bridgehead atoms. The Kier molecular flexibility index (Phi) is 7.25. The fourth-order valence-corrected chi connectivity index (χ4v) is 5.87. The van der Waals surface area contributed by atoms with Crippen LogP contribution in [0.3, 0.4) is 0 Å². The van der Waals surface area contributed by atoms with E-state index >= 15 is 0 Å². The molecule has 0 aliphatic heterocycles. The van der Waals surface area contributed by atoms with E-state index in [-0.39, 0.29) is 19.1 Å². The number of rotatable bonds is 8. The van der Waals surface area contributed by atoms with Gasteiger partial charge in [0.15, 0.2) is 0 Å². The minimum absolute atomic E-state index is 0.121. The zero-order valence-electron chi connectivity index (χ0n) is 21.9. The Morgan fingerprint density at radius 2 is 1.95 bits per heavy atom. The van der Waals surface area contributed by atoms with Crippen LogP contribution in [0, 0.1) is 12.8 Å². The Hall–Kier alpha value is -2.93. The molecule has 2 aliphatic rings. The number of aromatic nitrogens is 4. The molecule has 3 heterocycles. The first-order valence-corrected chi connectivity index (χ1v) is 13.7. The van der Waals surface area contributed by atoms with E-state index in [1.165, 1.54) is 11.3 Å². The highest BCUT2D eigenvalue weighted by atomic mass is 32.1. The third kappa shape index (κ3) is 5.58. The quantitative estimate of drug-likeness (QED) is 0.266. The van der Waals surface area contributed by atoms with Gasteiger partial charge in [-0.3, -0.25) is 9.78 Å². The van der Waals surface area contributed by atoms with Crippen molar-refractivity contribution in [1.82, 2.24) is 19.9 Å². The Bertz CT molecular complexity index is 1340. The second-order valence-electron chi connectivity index (χ2n) is 11.0. The molecule has 5 N–H and O–H groups in total. The van der Waals surface area contributed by atoms with Crippen molar-refractivity contribution in [2.45, 2.75) is 76.7 Å². The molecular formula is C26H34N6O5S. The van der Waals surface area contributed by atoms with Crippen LogP contribution in [0.15, 0.2) is 12.3 Å². The van der Waals surface area contributed by atoms with E-state index in [2.05, 4.69) is 25.6 Å². The molecule has 11 nitrogen and oxygen atoms in total. The lowest BCUT2D eigenvalue weighted by atomic mass is 10.1. The Balaban J connectivity index is 1.50. The van der Waals surface area contributed by atoms with Crippen molar-refractivity contribution < 1.29 is 24.9 Å². The topological polar surface area (TPSA) is 163 Å². The predicted octanol–water partition coefficient (Wildman–Crippen LogP) is 2.60.